The maximum Gasteiger partial charge on any atom is 0.0548 e. The van der Waals surface area contributed by atoms with Crippen LogP contribution in [0.25, 0.3) is 0 Å². The number of nitrogens with one attached hydrogen (secondary N) is 1. The zero-order valence-corrected chi connectivity index (χ0v) is 9.69. The van der Waals surface area contributed by atoms with Gasteiger partial charge in [0.2, 0.25) is 0 Å². The van der Waals surface area contributed by atoms with Crippen LogP contribution in [0.15, 0.2) is 35.3 Å². The molecule has 0 fully saturated rings. The summed E-state index contributed by atoms with van der Waals surface area (Å²) in [6, 6.07) is 6.02. The Bertz CT molecular complexity index is 312. The summed E-state index contributed by atoms with van der Waals surface area (Å²) in [5, 5.41) is 3.86. The summed E-state index contributed by atoms with van der Waals surface area (Å²) in [7, 11) is 1.90. The number of likely N-dealkylation sites (N-methyl/N-ethyl adjacent to an activating group) is 1. The lowest BCUT2D eigenvalue weighted by Crippen LogP contribution is -2.13. The molecule has 3 heteroatoms. The molecule has 1 atom stereocenters. The summed E-state index contributed by atoms with van der Waals surface area (Å²) in [5.41, 5.74) is 1.15. The first-order chi connectivity index (χ1) is 6.19. The van der Waals surface area contributed by atoms with Gasteiger partial charge in [-0.2, -0.15) is 0 Å². The number of hydrogen-bond donors (Lipinski definition) is 1. The van der Waals surface area contributed by atoms with Gasteiger partial charge in [-0.1, -0.05) is 23.7 Å². The van der Waals surface area contributed by atoms with Gasteiger partial charge in [0.25, 0.3) is 0 Å². The van der Waals surface area contributed by atoms with Crippen LogP contribution in [0.3, 0.4) is 0 Å². The Morgan fingerprint density at radius 1 is 1.62 bits per heavy atom. The highest BCUT2D eigenvalue weighted by atomic mass is 79.9. The lowest BCUT2D eigenvalue weighted by molar-refractivity contribution is 0.716. The number of rotatable bonds is 3. The maximum absolute atomic E-state index is 5.88. The molecule has 1 N–H and O–H groups in total. The molecule has 1 aromatic rings. The van der Waals surface area contributed by atoms with Crippen molar-refractivity contribution in [3.63, 3.8) is 0 Å². The highest BCUT2D eigenvalue weighted by Gasteiger charge is 2.05. The van der Waals surface area contributed by atoms with Crippen LogP contribution < -0.4 is 5.32 Å². The van der Waals surface area contributed by atoms with Gasteiger partial charge in [-0.15, -0.1) is 6.58 Å². The van der Waals surface area contributed by atoms with E-state index in [4.69, 9.17) is 11.6 Å². The fourth-order valence-electron chi connectivity index (χ4n) is 1.13. The molecule has 0 aliphatic rings. The van der Waals surface area contributed by atoms with Crippen LogP contribution in [0.1, 0.15) is 11.6 Å². The molecule has 0 bridgehead atoms. The fourth-order valence-corrected chi connectivity index (χ4v) is 1.64. The minimum atomic E-state index is 0.175. The number of benzene rings is 1. The average Bonchev–Trinajstić information content (AvgIpc) is 2.13. The van der Waals surface area contributed by atoms with Crippen molar-refractivity contribution in [2.24, 2.45) is 0 Å². The quantitative estimate of drug-likeness (QED) is 0.820. The molecule has 0 aliphatic heterocycles. The second-order valence-electron chi connectivity index (χ2n) is 2.68. The van der Waals surface area contributed by atoms with E-state index in [0.717, 1.165) is 15.1 Å². The second-order valence-corrected chi connectivity index (χ2v) is 3.94. The van der Waals surface area contributed by atoms with Gasteiger partial charge in [0.1, 0.15) is 0 Å². The molecule has 1 rings (SSSR count). The van der Waals surface area contributed by atoms with Crippen molar-refractivity contribution >= 4 is 27.5 Å². The molecule has 13 heavy (non-hydrogen) atoms. The maximum atomic E-state index is 5.88. The highest BCUT2D eigenvalue weighted by Crippen LogP contribution is 2.26. The van der Waals surface area contributed by atoms with E-state index in [0.29, 0.717) is 0 Å². The molecule has 1 nitrogen and oxygen atoms in total. The SMILES string of the molecule is C=CC(NC)c1ccc(Cl)c(Br)c1. The van der Waals surface area contributed by atoms with E-state index in [-0.39, 0.29) is 6.04 Å². The topological polar surface area (TPSA) is 12.0 Å². The third kappa shape index (κ3) is 2.56. The first kappa shape index (κ1) is 10.8. The Labute approximate surface area is 91.9 Å². The summed E-state index contributed by atoms with van der Waals surface area (Å²) >= 11 is 9.26. The van der Waals surface area contributed by atoms with Crippen LogP contribution >= 0.6 is 27.5 Å². The molecule has 0 heterocycles. The van der Waals surface area contributed by atoms with E-state index in [1.807, 2.05) is 31.3 Å². The first-order valence-corrected chi connectivity index (χ1v) is 5.11. The Hall–Kier alpha value is -0.310. The van der Waals surface area contributed by atoms with E-state index < -0.39 is 0 Å². The van der Waals surface area contributed by atoms with Crippen LogP contribution in [0.4, 0.5) is 0 Å². The second kappa shape index (κ2) is 4.80. The average molecular weight is 261 g/mol. The molecule has 1 aromatic carbocycles. The van der Waals surface area contributed by atoms with E-state index in [1.165, 1.54) is 0 Å². The zero-order chi connectivity index (χ0) is 9.84. The van der Waals surface area contributed by atoms with Gasteiger partial charge in [0.15, 0.2) is 0 Å². The molecule has 0 aromatic heterocycles. The van der Waals surface area contributed by atoms with Crippen LogP contribution in [0, 0.1) is 0 Å². The Morgan fingerprint density at radius 2 is 2.31 bits per heavy atom. The molecule has 0 aliphatic carbocycles. The molecule has 0 saturated carbocycles. The Kier molecular flexibility index (Phi) is 3.97. The molecule has 0 saturated heterocycles. The van der Waals surface area contributed by atoms with Crippen molar-refractivity contribution in [3.05, 3.63) is 45.9 Å². The highest BCUT2D eigenvalue weighted by molar-refractivity contribution is 9.10. The van der Waals surface area contributed by atoms with Gasteiger partial charge < -0.3 is 5.32 Å². The van der Waals surface area contributed by atoms with Gasteiger partial charge in [-0.25, -0.2) is 0 Å². The summed E-state index contributed by atoms with van der Waals surface area (Å²) in [6.07, 6.45) is 1.86. The lowest BCUT2D eigenvalue weighted by atomic mass is 10.1. The minimum Gasteiger partial charge on any atom is -0.310 e. The standard InChI is InChI=1S/C10H11BrClN/c1-3-10(13-2)7-4-5-9(12)8(11)6-7/h3-6,10,13H,1H2,2H3. The van der Waals surface area contributed by atoms with Crippen LogP contribution in [0.5, 0.6) is 0 Å². The molecule has 1 unspecified atom stereocenters. The van der Waals surface area contributed by atoms with E-state index in [2.05, 4.69) is 27.8 Å². The monoisotopic (exact) mass is 259 g/mol. The smallest absolute Gasteiger partial charge is 0.0548 e. The van der Waals surface area contributed by atoms with Crippen LogP contribution in [-0.2, 0) is 0 Å². The summed E-state index contributed by atoms with van der Waals surface area (Å²) in [5.74, 6) is 0. The van der Waals surface area contributed by atoms with Crippen molar-refractivity contribution < 1.29 is 0 Å². The van der Waals surface area contributed by atoms with Gasteiger partial charge in [-0.05, 0) is 40.7 Å². The number of halogens is 2. The lowest BCUT2D eigenvalue weighted by Gasteiger charge is -2.12. The molecule has 70 valence electrons. The molecule has 0 amide bonds. The molecular weight excluding hydrogens is 249 g/mol. The van der Waals surface area contributed by atoms with Crippen molar-refractivity contribution in [3.8, 4) is 0 Å². The van der Waals surface area contributed by atoms with E-state index in [1.54, 1.807) is 0 Å². The van der Waals surface area contributed by atoms with Gasteiger partial charge in [0.05, 0.1) is 11.1 Å². The third-order valence-electron chi connectivity index (χ3n) is 1.85. The van der Waals surface area contributed by atoms with Crippen molar-refractivity contribution in [2.45, 2.75) is 6.04 Å². The van der Waals surface area contributed by atoms with Gasteiger partial charge in [-0.3, -0.25) is 0 Å². The minimum absolute atomic E-state index is 0.175. The summed E-state index contributed by atoms with van der Waals surface area (Å²) in [6.45, 7) is 3.75. The Balaban J connectivity index is 3.01. The van der Waals surface area contributed by atoms with Crippen LogP contribution in [0.2, 0.25) is 5.02 Å². The first-order valence-electron chi connectivity index (χ1n) is 3.93. The summed E-state index contributed by atoms with van der Waals surface area (Å²) < 4.78 is 0.911. The summed E-state index contributed by atoms with van der Waals surface area (Å²) in [4.78, 5) is 0. The third-order valence-corrected chi connectivity index (χ3v) is 3.06. The molecule has 0 radical (unpaired) electrons. The zero-order valence-electron chi connectivity index (χ0n) is 7.35. The van der Waals surface area contributed by atoms with Gasteiger partial charge in [0, 0.05) is 4.47 Å². The largest absolute Gasteiger partial charge is 0.310 e. The van der Waals surface area contributed by atoms with Gasteiger partial charge >= 0.3 is 0 Å². The van der Waals surface area contributed by atoms with Crippen molar-refractivity contribution in [1.82, 2.24) is 5.32 Å². The number of hydrogen-bond acceptors (Lipinski definition) is 1. The van der Waals surface area contributed by atoms with E-state index in [9.17, 15) is 0 Å². The van der Waals surface area contributed by atoms with Crippen molar-refractivity contribution in [2.75, 3.05) is 7.05 Å². The predicted molar refractivity (Wildman–Crippen MR) is 61.1 cm³/mol. The van der Waals surface area contributed by atoms with E-state index >= 15 is 0 Å². The Morgan fingerprint density at radius 3 is 2.77 bits per heavy atom. The van der Waals surface area contributed by atoms with Crippen molar-refractivity contribution in [1.29, 1.82) is 0 Å². The predicted octanol–water partition coefficient (Wildman–Crippen LogP) is 3.55. The fraction of sp³-hybridized carbons (Fsp3) is 0.200. The molecule has 0 spiro atoms. The molecular formula is C10H11BrClN. The van der Waals surface area contributed by atoms with Crippen LogP contribution in [-0.4, -0.2) is 7.05 Å². The normalized spacial score (nSPS) is 12.5.